The van der Waals surface area contributed by atoms with E-state index in [1.165, 1.54) is 17.1 Å². The molecule has 0 bridgehead atoms. The minimum Gasteiger partial charge on any atom is -0.462 e. The molecule has 0 radical (unpaired) electrons. The Morgan fingerprint density at radius 1 is 0.869 bits per heavy atom. The van der Waals surface area contributed by atoms with Crippen LogP contribution in [0.2, 0.25) is 0 Å². The third-order valence-electron chi connectivity index (χ3n) is 11.0. The fraction of sp³-hybridized carbons (Fsp3) is 0.312. The molecule has 2 N–H and O–H groups in total. The summed E-state index contributed by atoms with van der Waals surface area (Å²) in [5.41, 5.74) is 2.62. The number of carbonyl (C=O) groups excluding carboxylic acids is 5. The second-order valence-corrected chi connectivity index (χ2v) is 15.9. The van der Waals surface area contributed by atoms with E-state index in [-0.39, 0.29) is 43.7 Å². The minimum atomic E-state index is -1.42. The average Bonchev–Trinajstić information content (AvgIpc) is 3.81. The van der Waals surface area contributed by atoms with Gasteiger partial charge in [0, 0.05) is 54.6 Å². The van der Waals surface area contributed by atoms with E-state index in [9.17, 15) is 29.1 Å². The number of aliphatic hydroxyl groups excluding tert-OH is 1. The number of nitrogens with one attached hydrogen (secondary N) is 1. The van der Waals surface area contributed by atoms with E-state index in [0.717, 1.165) is 5.56 Å². The maximum atomic E-state index is 14.5. The zero-order valence-corrected chi connectivity index (χ0v) is 34.1. The summed E-state index contributed by atoms with van der Waals surface area (Å²) in [4.78, 5) is 67.9. The van der Waals surface area contributed by atoms with E-state index in [1.54, 1.807) is 51.2 Å². The van der Waals surface area contributed by atoms with Crippen LogP contribution in [0.5, 0.6) is 0 Å². The first-order valence-electron chi connectivity index (χ1n) is 20.1. The van der Waals surface area contributed by atoms with Crippen molar-refractivity contribution in [3.8, 4) is 0 Å². The van der Waals surface area contributed by atoms with Gasteiger partial charge in [-0.3, -0.25) is 9.59 Å². The predicted octanol–water partition coefficient (Wildman–Crippen LogP) is 4.91. The van der Waals surface area contributed by atoms with Crippen LogP contribution in [-0.4, -0.2) is 97.0 Å². The van der Waals surface area contributed by atoms with E-state index in [4.69, 9.17) is 23.7 Å². The van der Waals surface area contributed by atoms with Crippen LogP contribution < -0.4 is 5.32 Å². The Morgan fingerprint density at radius 2 is 1.49 bits per heavy atom. The zero-order chi connectivity index (χ0) is 43.1. The Bertz CT molecular complexity index is 2240. The molecular weight excluding hydrogens is 781 g/mol. The molecule has 0 aromatic heterocycles. The van der Waals surface area contributed by atoms with Crippen molar-refractivity contribution in [1.82, 2.24) is 10.2 Å². The standard InChI is InChI=1S/C48H48N2O11/c1-47(2)30-57-46(56)42(47)59-40(52)24-21-31-19-22-33(23-20-31)45(55)58-38-28-34(44(54)50(3)37(43(53)49-25-26-51)27-32-13-7-4-8-14-32)29-39-41(38)61-48(60-39,35-15-9-5-10-16-35)36-17-11-6-12-18-36/h4-24,29,37-39,41-42,51H,25-28,30H2,1-3H3,(H,49,53). The number of amides is 2. The van der Waals surface area contributed by atoms with Crippen molar-refractivity contribution in [1.29, 1.82) is 0 Å². The Balaban J connectivity index is 1.15. The molecule has 4 aromatic carbocycles. The summed E-state index contributed by atoms with van der Waals surface area (Å²) in [5, 5.41) is 12.1. The molecule has 2 heterocycles. The number of aliphatic hydroxyl groups is 1. The molecule has 13 heteroatoms. The van der Waals surface area contributed by atoms with Gasteiger partial charge in [0.05, 0.1) is 12.2 Å². The monoisotopic (exact) mass is 828 g/mol. The third kappa shape index (κ3) is 9.49. The second kappa shape index (κ2) is 18.5. The van der Waals surface area contributed by atoms with Gasteiger partial charge in [0.1, 0.15) is 31.0 Å². The van der Waals surface area contributed by atoms with Gasteiger partial charge in [0.15, 0.2) is 0 Å². The highest BCUT2D eigenvalue weighted by molar-refractivity contribution is 5.97. The largest absolute Gasteiger partial charge is 0.462 e. The van der Waals surface area contributed by atoms with Gasteiger partial charge in [-0.15, -0.1) is 0 Å². The van der Waals surface area contributed by atoms with Crippen molar-refractivity contribution in [3.05, 3.63) is 161 Å². The number of likely N-dealkylation sites (N-methyl/N-ethyl adjacent to an activating group) is 1. The van der Waals surface area contributed by atoms with Gasteiger partial charge in [-0.1, -0.05) is 117 Å². The van der Waals surface area contributed by atoms with Crippen LogP contribution in [0.25, 0.3) is 6.08 Å². The molecule has 4 aromatic rings. The summed E-state index contributed by atoms with van der Waals surface area (Å²) in [6, 6.07) is 33.5. The molecule has 316 valence electrons. The van der Waals surface area contributed by atoms with Crippen LogP contribution >= 0.6 is 0 Å². The van der Waals surface area contributed by atoms with Gasteiger partial charge >= 0.3 is 17.9 Å². The lowest BCUT2D eigenvalue weighted by atomic mass is 9.90. The summed E-state index contributed by atoms with van der Waals surface area (Å²) in [7, 11) is 1.55. The van der Waals surface area contributed by atoms with Gasteiger partial charge < -0.3 is 39.0 Å². The lowest BCUT2D eigenvalue weighted by molar-refractivity contribution is -0.159. The Labute approximate surface area is 353 Å². The van der Waals surface area contributed by atoms with Crippen molar-refractivity contribution >= 4 is 35.8 Å². The third-order valence-corrected chi connectivity index (χ3v) is 11.0. The fourth-order valence-corrected chi connectivity index (χ4v) is 7.68. The van der Waals surface area contributed by atoms with E-state index >= 15 is 0 Å². The van der Waals surface area contributed by atoms with Gasteiger partial charge in [-0.05, 0) is 35.4 Å². The van der Waals surface area contributed by atoms with E-state index in [1.807, 2.05) is 91.0 Å². The molecule has 0 saturated carbocycles. The molecule has 2 fully saturated rings. The minimum absolute atomic E-state index is 0.0174. The Hall–Kier alpha value is -6.41. The first-order chi connectivity index (χ1) is 29.4. The molecule has 7 rings (SSSR count). The molecule has 1 aliphatic carbocycles. The number of hydrogen-bond donors (Lipinski definition) is 2. The number of rotatable bonds is 14. The van der Waals surface area contributed by atoms with Crippen LogP contribution in [0.15, 0.2) is 133 Å². The number of ether oxygens (including phenoxy) is 5. The fourth-order valence-electron chi connectivity index (χ4n) is 7.68. The van der Waals surface area contributed by atoms with Crippen molar-refractivity contribution < 1.29 is 52.8 Å². The first kappa shape index (κ1) is 42.7. The van der Waals surface area contributed by atoms with Crippen molar-refractivity contribution in [2.75, 3.05) is 26.8 Å². The van der Waals surface area contributed by atoms with Crippen LogP contribution in [0, 0.1) is 5.41 Å². The molecule has 5 atom stereocenters. The van der Waals surface area contributed by atoms with Crippen LogP contribution in [0.3, 0.4) is 0 Å². The molecule has 3 aliphatic rings. The number of carbonyl (C=O) groups is 5. The van der Waals surface area contributed by atoms with Crippen LogP contribution in [0.1, 0.15) is 52.9 Å². The maximum absolute atomic E-state index is 14.5. The predicted molar refractivity (Wildman–Crippen MR) is 222 cm³/mol. The van der Waals surface area contributed by atoms with Crippen molar-refractivity contribution in [2.24, 2.45) is 5.41 Å². The molecule has 2 saturated heterocycles. The molecule has 61 heavy (non-hydrogen) atoms. The van der Waals surface area contributed by atoms with Gasteiger partial charge in [-0.2, -0.15) is 0 Å². The molecular formula is C48H48N2O11. The molecule has 13 nitrogen and oxygen atoms in total. The summed E-state index contributed by atoms with van der Waals surface area (Å²) in [6.45, 7) is 3.45. The topological polar surface area (TPSA) is 167 Å². The zero-order valence-electron chi connectivity index (χ0n) is 34.1. The molecule has 0 spiro atoms. The van der Waals surface area contributed by atoms with Crippen LogP contribution in [0.4, 0.5) is 0 Å². The van der Waals surface area contributed by atoms with Crippen molar-refractivity contribution in [2.45, 2.75) is 62.9 Å². The molecule has 5 unspecified atom stereocenters. The first-order valence-corrected chi connectivity index (χ1v) is 20.1. The van der Waals surface area contributed by atoms with E-state index < -0.39 is 71.4 Å². The summed E-state index contributed by atoms with van der Waals surface area (Å²) < 4.78 is 30.3. The normalized spacial score (nSPS) is 21.7. The summed E-state index contributed by atoms with van der Waals surface area (Å²) >= 11 is 0. The highest BCUT2D eigenvalue weighted by Gasteiger charge is 2.55. The number of esters is 3. The summed E-state index contributed by atoms with van der Waals surface area (Å²) in [6.07, 6.45) is 0.805. The van der Waals surface area contributed by atoms with Crippen LogP contribution in [-0.2, 0) is 55.1 Å². The Morgan fingerprint density at radius 3 is 2.08 bits per heavy atom. The summed E-state index contributed by atoms with van der Waals surface area (Å²) in [5.74, 6) is -4.32. The van der Waals surface area contributed by atoms with E-state index in [0.29, 0.717) is 16.7 Å². The number of cyclic esters (lactones) is 1. The average molecular weight is 829 g/mol. The maximum Gasteiger partial charge on any atom is 0.348 e. The molecule has 2 amide bonds. The van der Waals surface area contributed by atoms with E-state index in [2.05, 4.69) is 5.32 Å². The molecule has 2 aliphatic heterocycles. The highest BCUT2D eigenvalue weighted by Crippen LogP contribution is 2.47. The number of hydrogen-bond acceptors (Lipinski definition) is 11. The SMILES string of the molecule is CN(C(=O)C1=CC2OC(c3ccccc3)(c3ccccc3)OC2C(OC(=O)c2ccc(C=CC(=O)OC3C(=O)OCC3(C)C)cc2)C1)C(Cc1ccccc1)C(=O)NCCO. The van der Waals surface area contributed by atoms with Gasteiger partial charge in [0.2, 0.25) is 23.7 Å². The highest BCUT2D eigenvalue weighted by atomic mass is 16.8. The number of nitrogens with zero attached hydrogens (tertiary/aromatic N) is 1. The van der Waals surface area contributed by atoms with Crippen molar-refractivity contribution in [3.63, 3.8) is 0 Å². The second-order valence-electron chi connectivity index (χ2n) is 15.9. The lowest BCUT2D eigenvalue weighted by Gasteiger charge is -2.33. The Kier molecular flexibility index (Phi) is 12.9. The van der Waals surface area contributed by atoms with Gasteiger partial charge in [-0.25, -0.2) is 14.4 Å². The van der Waals surface area contributed by atoms with Gasteiger partial charge in [0.25, 0.3) is 0 Å². The number of fused-ring (bicyclic) bond motifs is 1. The lowest BCUT2D eigenvalue weighted by Crippen LogP contribution is -2.51. The smallest absolute Gasteiger partial charge is 0.348 e. The number of benzene rings is 4. The quantitative estimate of drug-likeness (QED) is 0.101.